The molecule has 5 nitrogen and oxygen atoms in total. The average Bonchev–Trinajstić information content (AvgIpc) is 2.97. The maximum absolute atomic E-state index is 5.30. The number of likely N-dealkylation sites (N-methyl/N-ethyl adjacent to an activating group) is 1. The van der Waals surface area contributed by atoms with Gasteiger partial charge in [-0.15, -0.1) is 0 Å². The van der Waals surface area contributed by atoms with E-state index in [4.69, 9.17) is 4.42 Å². The van der Waals surface area contributed by atoms with Crippen LogP contribution < -0.4 is 5.32 Å². The van der Waals surface area contributed by atoms with Crippen LogP contribution in [0.1, 0.15) is 31.3 Å². The van der Waals surface area contributed by atoms with Gasteiger partial charge in [0.1, 0.15) is 12.2 Å². The van der Waals surface area contributed by atoms with Gasteiger partial charge in [-0.2, -0.15) is 5.10 Å². The molecule has 0 radical (unpaired) electrons. The molecule has 0 aliphatic carbocycles. The summed E-state index contributed by atoms with van der Waals surface area (Å²) in [5.41, 5.74) is 1.11. The normalized spacial score (nSPS) is 12.8. The van der Waals surface area contributed by atoms with E-state index in [9.17, 15) is 0 Å². The van der Waals surface area contributed by atoms with Crippen molar-refractivity contribution < 1.29 is 4.42 Å². The van der Waals surface area contributed by atoms with E-state index in [1.807, 2.05) is 10.7 Å². The van der Waals surface area contributed by atoms with Crippen molar-refractivity contribution in [2.45, 2.75) is 32.9 Å². The first-order valence-electron chi connectivity index (χ1n) is 6.09. The summed E-state index contributed by atoms with van der Waals surface area (Å²) in [4.78, 5) is 4.31. The number of hydrogen-bond donors (Lipinski definition) is 1. The number of nitrogens with zero attached hydrogens (tertiary/aromatic N) is 3. The summed E-state index contributed by atoms with van der Waals surface area (Å²) < 4.78 is 7.99. The fourth-order valence-electron chi connectivity index (χ4n) is 1.99. The molecule has 0 saturated carbocycles. The highest BCUT2D eigenvalue weighted by molar-refractivity contribution is 9.10. The van der Waals surface area contributed by atoms with E-state index >= 15 is 0 Å². The fourth-order valence-corrected chi connectivity index (χ4v) is 2.50. The molecule has 1 N–H and O–H groups in total. The number of halogens is 1. The van der Waals surface area contributed by atoms with Crippen molar-refractivity contribution in [1.82, 2.24) is 20.1 Å². The van der Waals surface area contributed by atoms with Crippen LogP contribution in [0.4, 0.5) is 0 Å². The van der Waals surface area contributed by atoms with Crippen LogP contribution in [0.2, 0.25) is 0 Å². The molecular weight excluding hydrogens is 296 g/mol. The Kier molecular flexibility index (Phi) is 4.54. The van der Waals surface area contributed by atoms with E-state index in [0.717, 1.165) is 35.6 Å². The molecule has 2 aromatic heterocycles. The Morgan fingerprint density at radius 1 is 1.50 bits per heavy atom. The molecule has 0 bridgehead atoms. The third kappa shape index (κ3) is 2.81. The van der Waals surface area contributed by atoms with Gasteiger partial charge < -0.3 is 9.73 Å². The lowest BCUT2D eigenvalue weighted by molar-refractivity contribution is 0.488. The number of hydrogen-bond acceptors (Lipinski definition) is 4. The van der Waals surface area contributed by atoms with Gasteiger partial charge >= 0.3 is 0 Å². The van der Waals surface area contributed by atoms with Crippen molar-refractivity contribution in [3.8, 4) is 0 Å². The topological polar surface area (TPSA) is 55.9 Å². The van der Waals surface area contributed by atoms with Crippen LogP contribution in [0.5, 0.6) is 0 Å². The van der Waals surface area contributed by atoms with E-state index in [1.54, 1.807) is 12.6 Å². The van der Waals surface area contributed by atoms with Crippen molar-refractivity contribution in [2.75, 3.05) is 6.54 Å². The standard InChI is InChI=1S/C12H17BrN4O/c1-3-14-10(9-5-6-18-12(9)13)7-11-15-8-16-17(11)4-2/h5-6,8,10,14H,3-4,7H2,1-2H3. The van der Waals surface area contributed by atoms with Crippen molar-refractivity contribution >= 4 is 15.9 Å². The number of aromatic nitrogens is 3. The molecule has 18 heavy (non-hydrogen) atoms. The van der Waals surface area contributed by atoms with Crippen LogP contribution in [-0.4, -0.2) is 21.3 Å². The Morgan fingerprint density at radius 2 is 2.33 bits per heavy atom. The first-order valence-corrected chi connectivity index (χ1v) is 6.88. The van der Waals surface area contributed by atoms with Gasteiger partial charge in [0.25, 0.3) is 0 Å². The van der Waals surface area contributed by atoms with E-state index < -0.39 is 0 Å². The predicted octanol–water partition coefficient (Wildman–Crippen LogP) is 2.55. The molecule has 0 fully saturated rings. The molecule has 1 atom stereocenters. The third-order valence-electron chi connectivity index (χ3n) is 2.85. The van der Waals surface area contributed by atoms with E-state index in [0.29, 0.717) is 0 Å². The van der Waals surface area contributed by atoms with Crippen LogP contribution in [0, 0.1) is 0 Å². The molecule has 0 aliphatic heterocycles. The summed E-state index contributed by atoms with van der Waals surface area (Å²) >= 11 is 3.43. The molecule has 2 heterocycles. The molecule has 6 heteroatoms. The third-order valence-corrected chi connectivity index (χ3v) is 3.50. The van der Waals surface area contributed by atoms with Crippen LogP contribution in [0.3, 0.4) is 0 Å². The summed E-state index contributed by atoms with van der Waals surface area (Å²) in [5.74, 6) is 0.983. The molecular formula is C12H17BrN4O. The lowest BCUT2D eigenvalue weighted by atomic mass is 10.1. The lowest BCUT2D eigenvalue weighted by Crippen LogP contribution is -2.24. The molecule has 0 spiro atoms. The second kappa shape index (κ2) is 6.15. The van der Waals surface area contributed by atoms with Crippen LogP contribution in [0.15, 0.2) is 27.7 Å². The van der Waals surface area contributed by atoms with Gasteiger partial charge in [-0.05, 0) is 35.5 Å². The number of rotatable bonds is 6. The van der Waals surface area contributed by atoms with Crippen molar-refractivity contribution in [3.05, 3.63) is 34.7 Å². The zero-order valence-corrected chi connectivity index (χ0v) is 12.1. The van der Waals surface area contributed by atoms with Gasteiger partial charge in [-0.25, -0.2) is 4.98 Å². The minimum atomic E-state index is 0.178. The van der Waals surface area contributed by atoms with Gasteiger partial charge in [0.15, 0.2) is 4.67 Å². The summed E-state index contributed by atoms with van der Waals surface area (Å²) in [6, 6.07) is 2.15. The number of furan rings is 1. The minimum absolute atomic E-state index is 0.178. The fraction of sp³-hybridized carbons (Fsp3) is 0.500. The largest absolute Gasteiger partial charge is 0.457 e. The van der Waals surface area contributed by atoms with Crippen molar-refractivity contribution in [1.29, 1.82) is 0 Å². The average molecular weight is 313 g/mol. The van der Waals surface area contributed by atoms with E-state index in [-0.39, 0.29) is 6.04 Å². The summed E-state index contributed by atoms with van der Waals surface area (Å²) in [7, 11) is 0. The highest BCUT2D eigenvalue weighted by Crippen LogP contribution is 2.26. The Morgan fingerprint density at radius 3 is 2.94 bits per heavy atom. The maximum Gasteiger partial charge on any atom is 0.173 e. The van der Waals surface area contributed by atoms with E-state index in [2.05, 4.69) is 45.2 Å². The second-order valence-electron chi connectivity index (χ2n) is 3.96. The smallest absolute Gasteiger partial charge is 0.173 e. The molecule has 2 rings (SSSR count). The highest BCUT2D eigenvalue weighted by atomic mass is 79.9. The maximum atomic E-state index is 5.30. The highest BCUT2D eigenvalue weighted by Gasteiger charge is 2.18. The molecule has 2 aromatic rings. The van der Waals surface area contributed by atoms with Crippen LogP contribution in [-0.2, 0) is 13.0 Å². The Labute approximate surface area is 115 Å². The molecule has 1 unspecified atom stereocenters. The SMILES string of the molecule is CCNC(Cc1ncnn1CC)c1ccoc1Br. The predicted molar refractivity (Wildman–Crippen MR) is 72.2 cm³/mol. The lowest BCUT2D eigenvalue weighted by Gasteiger charge is -2.16. The van der Waals surface area contributed by atoms with E-state index in [1.165, 1.54) is 0 Å². The van der Waals surface area contributed by atoms with Crippen LogP contribution in [0.25, 0.3) is 0 Å². The summed E-state index contributed by atoms with van der Waals surface area (Å²) in [6.07, 6.45) is 4.08. The Balaban J connectivity index is 2.19. The van der Waals surface area contributed by atoms with Crippen LogP contribution >= 0.6 is 15.9 Å². The number of aryl methyl sites for hydroxylation is 1. The molecule has 0 saturated heterocycles. The molecule has 0 aliphatic rings. The van der Waals surface area contributed by atoms with Gasteiger partial charge in [0.2, 0.25) is 0 Å². The molecule has 0 amide bonds. The Bertz CT molecular complexity index is 494. The van der Waals surface area contributed by atoms with Gasteiger partial charge in [-0.1, -0.05) is 6.92 Å². The number of nitrogens with one attached hydrogen (secondary N) is 1. The van der Waals surface area contributed by atoms with Gasteiger partial charge in [-0.3, -0.25) is 4.68 Å². The quantitative estimate of drug-likeness (QED) is 0.890. The zero-order chi connectivity index (χ0) is 13.0. The van der Waals surface area contributed by atoms with Crippen molar-refractivity contribution in [2.24, 2.45) is 0 Å². The first-order chi connectivity index (χ1) is 8.76. The minimum Gasteiger partial charge on any atom is -0.457 e. The summed E-state index contributed by atoms with van der Waals surface area (Å²) in [6.45, 7) is 5.88. The molecule has 0 aromatic carbocycles. The Hall–Kier alpha value is -1.14. The first kappa shape index (κ1) is 13.3. The van der Waals surface area contributed by atoms with Crippen molar-refractivity contribution in [3.63, 3.8) is 0 Å². The second-order valence-corrected chi connectivity index (χ2v) is 4.68. The summed E-state index contributed by atoms with van der Waals surface area (Å²) in [5, 5.41) is 7.64. The van der Waals surface area contributed by atoms with Gasteiger partial charge in [0, 0.05) is 24.6 Å². The van der Waals surface area contributed by atoms with Gasteiger partial charge in [0.05, 0.1) is 6.26 Å². The monoisotopic (exact) mass is 312 g/mol. The zero-order valence-electron chi connectivity index (χ0n) is 10.6. The molecule has 98 valence electrons.